The van der Waals surface area contributed by atoms with Gasteiger partial charge in [0.15, 0.2) is 0 Å². The molecule has 0 amide bonds. The highest BCUT2D eigenvalue weighted by atomic mass is 32.1. The van der Waals surface area contributed by atoms with Crippen LogP contribution in [0.5, 0.6) is 0 Å². The maximum Gasteiger partial charge on any atom is 0.109 e. The molecule has 0 aromatic carbocycles. The Labute approximate surface area is 166 Å². The Balaban J connectivity index is 1.43. The fourth-order valence-corrected chi connectivity index (χ4v) is 5.15. The Morgan fingerprint density at radius 3 is 2.89 bits per heavy atom. The third-order valence-corrected chi connectivity index (χ3v) is 6.85. The van der Waals surface area contributed by atoms with Gasteiger partial charge in [-0.05, 0) is 47.0 Å². The molecule has 1 aliphatic rings. The monoisotopic (exact) mass is 395 g/mol. The van der Waals surface area contributed by atoms with E-state index < -0.39 is 0 Å². The highest BCUT2D eigenvalue weighted by Crippen LogP contribution is 2.29. The van der Waals surface area contributed by atoms with Crippen LogP contribution >= 0.6 is 22.7 Å². The van der Waals surface area contributed by atoms with Crippen LogP contribution in [0.4, 0.5) is 0 Å². The van der Waals surface area contributed by atoms with Crippen LogP contribution in [-0.4, -0.2) is 51.3 Å². The molecule has 1 aliphatic heterocycles. The highest BCUT2D eigenvalue weighted by Gasteiger charge is 2.29. The Kier molecular flexibility index (Phi) is 4.53. The van der Waals surface area contributed by atoms with Crippen LogP contribution in [0.1, 0.15) is 16.6 Å². The Morgan fingerprint density at radius 2 is 2.07 bits per heavy atom. The van der Waals surface area contributed by atoms with Crippen molar-refractivity contribution in [3.63, 3.8) is 0 Å². The van der Waals surface area contributed by atoms with Crippen molar-refractivity contribution < 1.29 is 0 Å². The molecule has 27 heavy (non-hydrogen) atoms. The van der Waals surface area contributed by atoms with Gasteiger partial charge < -0.3 is 0 Å². The van der Waals surface area contributed by atoms with E-state index in [1.807, 2.05) is 15.9 Å². The van der Waals surface area contributed by atoms with E-state index in [1.54, 1.807) is 11.3 Å². The molecule has 1 fully saturated rings. The van der Waals surface area contributed by atoms with Crippen molar-refractivity contribution in [3.8, 4) is 11.1 Å². The molecule has 7 heteroatoms. The summed E-state index contributed by atoms with van der Waals surface area (Å²) in [5.74, 6) is 0. The SMILES string of the molecule is CN1CCN(Cc2cccs2)CC1c1nnn2cc(-c3ccsc3)ccc12. The summed E-state index contributed by atoms with van der Waals surface area (Å²) in [5, 5.41) is 15.4. The Bertz CT molecular complexity index is 1020. The first kappa shape index (κ1) is 17.1. The van der Waals surface area contributed by atoms with Gasteiger partial charge in [-0.15, -0.1) is 16.4 Å². The lowest BCUT2D eigenvalue weighted by molar-refractivity contribution is 0.0896. The highest BCUT2D eigenvalue weighted by molar-refractivity contribution is 7.09. The van der Waals surface area contributed by atoms with Crippen molar-refractivity contribution in [2.24, 2.45) is 0 Å². The quantitative estimate of drug-likeness (QED) is 0.523. The van der Waals surface area contributed by atoms with Gasteiger partial charge in [-0.25, -0.2) is 4.52 Å². The van der Waals surface area contributed by atoms with E-state index in [0.29, 0.717) is 0 Å². The number of piperazine rings is 1. The van der Waals surface area contributed by atoms with Gasteiger partial charge in [0.25, 0.3) is 0 Å². The molecule has 0 radical (unpaired) electrons. The summed E-state index contributed by atoms with van der Waals surface area (Å²) in [4.78, 5) is 6.36. The summed E-state index contributed by atoms with van der Waals surface area (Å²) in [5.41, 5.74) is 4.58. The van der Waals surface area contributed by atoms with Crippen LogP contribution in [0.25, 0.3) is 16.6 Å². The van der Waals surface area contributed by atoms with Crippen LogP contribution < -0.4 is 0 Å². The number of hydrogen-bond acceptors (Lipinski definition) is 6. The van der Waals surface area contributed by atoms with Crippen LogP contribution in [-0.2, 0) is 6.54 Å². The van der Waals surface area contributed by atoms with Gasteiger partial charge in [0.05, 0.1) is 11.6 Å². The topological polar surface area (TPSA) is 36.7 Å². The van der Waals surface area contributed by atoms with E-state index in [1.165, 1.54) is 16.0 Å². The molecule has 0 spiro atoms. The average molecular weight is 396 g/mol. The van der Waals surface area contributed by atoms with E-state index in [4.69, 9.17) is 0 Å². The lowest BCUT2D eigenvalue weighted by atomic mass is 10.1. The number of nitrogens with zero attached hydrogens (tertiary/aromatic N) is 5. The number of rotatable bonds is 4. The Hall–Kier alpha value is -2.06. The van der Waals surface area contributed by atoms with Crippen molar-refractivity contribution in [2.45, 2.75) is 12.6 Å². The normalized spacial score (nSPS) is 19.1. The Morgan fingerprint density at radius 1 is 1.11 bits per heavy atom. The van der Waals surface area contributed by atoms with Gasteiger partial charge in [0.2, 0.25) is 0 Å². The number of aromatic nitrogens is 3. The van der Waals surface area contributed by atoms with E-state index in [9.17, 15) is 0 Å². The fourth-order valence-electron chi connectivity index (χ4n) is 3.74. The van der Waals surface area contributed by atoms with Crippen LogP contribution in [0.15, 0.2) is 52.7 Å². The lowest BCUT2D eigenvalue weighted by Gasteiger charge is -2.38. The van der Waals surface area contributed by atoms with E-state index >= 15 is 0 Å². The van der Waals surface area contributed by atoms with E-state index in [2.05, 4.69) is 79.8 Å². The molecule has 5 heterocycles. The second kappa shape index (κ2) is 7.16. The van der Waals surface area contributed by atoms with Gasteiger partial charge in [-0.2, -0.15) is 11.3 Å². The standard InChI is InChI=1S/C20H21N5S2/c1-23-7-8-24(12-17-3-2-9-27-17)13-19(23)20-18-5-4-15(11-25(18)22-21-20)16-6-10-26-14-16/h2-6,9-11,14,19H,7-8,12-13H2,1H3. The van der Waals surface area contributed by atoms with E-state index in [0.717, 1.165) is 37.4 Å². The molecule has 5 rings (SSSR count). The van der Waals surface area contributed by atoms with Crippen molar-refractivity contribution >= 4 is 28.2 Å². The molecule has 5 nitrogen and oxygen atoms in total. The largest absolute Gasteiger partial charge is 0.295 e. The summed E-state index contributed by atoms with van der Waals surface area (Å²) in [6.07, 6.45) is 2.08. The van der Waals surface area contributed by atoms with Crippen LogP contribution in [0.2, 0.25) is 0 Å². The molecule has 138 valence electrons. The first-order chi connectivity index (χ1) is 13.3. The average Bonchev–Trinajstić information content (AvgIpc) is 3.44. The zero-order chi connectivity index (χ0) is 18.2. The maximum atomic E-state index is 4.57. The van der Waals surface area contributed by atoms with Crippen molar-refractivity contribution in [3.05, 3.63) is 63.2 Å². The van der Waals surface area contributed by atoms with Gasteiger partial charge in [0, 0.05) is 42.8 Å². The molecule has 4 aromatic heterocycles. The zero-order valence-electron chi connectivity index (χ0n) is 15.2. The number of fused-ring (bicyclic) bond motifs is 1. The number of hydrogen-bond donors (Lipinski definition) is 0. The maximum absolute atomic E-state index is 4.57. The molecule has 1 saturated heterocycles. The summed E-state index contributed by atoms with van der Waals surface area (Å²) < 4.78 is 1.92. The second-order valence-electron chi connectivity index (χ2n) is 7.05. The number of thiophene rings is 2. The lowest BCUT2D eigenvalue weighted by Crippen LogP contribution is -2.46. The van der Waals surface area contributed by atoms with Crippen molar-refractivity contribution in [1.82, 2.24) is 24.6 Å². The molecule has 0 saturated carbocycles. The van der Waals surface area contributed by atoms with Gasteiger partial charge in [-0.3, -0.25) is 9.80 Å². The van der Waals surface area contributed by atoms with Crippen LogP contribution in [0, 0.1) is 0 Å². The van der Waals surface area contributed by atoms with E-state index in [-0.39, 0.29) is 6.04 Å². The third-order valence-electron chi connectivity index (χ3n) is 5.30. The molecule has 0 N–H and O–H groups in total. The minimum Gasteiger partial charge on any atom is -0.295 e. The van der Waals surface area contributed by atoms with Crippen molar-refractivity contribution in [2.75, 3.05) is 26.7 Å². The van der Waals surface area contributed by atoms with Gasteiger partial charge in [0.1, 0.15) is 5.69 Å². The number of pyridine rings is 1. The van der Waals surface area contributed by atoms with Gasteiger partial charge in [-0.1, -0.05) is 17.3 Å². The minimum absolute atomic E-state index is 0.267. The summed E-state index contributed by atoms with van der Waals surface area (Å²) >= 11 is 3.55. The predicted molar refractivity (Wildman–Crippen MR) is 111 cm³/mol. The minimum atomic E-state index is 0.267. The molecule has 1 unspecified atom stereocenters. The molecular weight excluding hydrogens is 374 g/mol. The summed E-state index contributed by atoms with van der Waals surface area (Å²) in [6.45, 7) is 4.13. The number of likely N-dealkylation sites (N-methyl/N-ethyl adjacent to an activating group) is 1. The third kappa shape index (κ3) is 3.32. The van der Waals surface area contributed by atoms with Gasteiger partial charge >= 0.3 is 0 Å². The zero-order valence-corrected chi connectivity index (χ0v) is 16.8. The van der Waals surface area contributed by atoms with Crippen molar-refractivity contribution in [1.29, 1.82) is 0 Å². The first-order valence-corrected chi connectivity index (χ1v) is 10.9. The molecule has 1 atom stereocenters. The second-order valence-corrected chi connectivity index (χ2v) is 8.86. The smallest absolute Gasteiger partial charge is 0.109 e. The summed E-state index contributed by atoms with van der Waals surface area (Å²) in [6, 6.07) is 11.1. The predicted octanol–water partition coefficient (Wildman–Crippen LogP) is 4.01. The molecule has 0 bridgehead atoms. The summed E-state index contributed by atoms with van der Waals surface area (Å²) in [7, 11) is 2.19. The molecule has 0 aliphatic carbocycles. The van der Waals surface area contributed by atoms with Crippen LogP contribution in [0.3, 0.4) is 0 Å². The first-order valence-electron chi connectivity index (χ1n) is 9.10. The molecular formula is C20H21N5S2. The molecule has 4 aromatic rings. The fraction of sp³-hybridized carbons (Fsp3) is 0.300.